The Labute approximate surface area is 165 Å². The van der Waals surface area contributed by atoms with Crippen LogP contribution in [0, 0.1) is 0 Å². The van der Waals surface area contributed by atoms with Gasteiger partial charge in [-0.1, -0.05) is 25.0 Å². The molecule has 0 radical (unpaired) electrons. The second kappa shape index (κ2) is 8.74. The van der Waals surface area contributed by atoms with E-state index in [9.17, 15) is 4.79 Å². The minimum atomic E-state index is -0.113. The van der Waals surface area contributed by atoms with Crippen LogP contribution in [0.25, 0.3) is 11.1 Å². The number of carbonyl (C=O) groups excluding carboxylic acids is 1. The molecule has 5 nitrogen and oxygen atoms in total. The molecule has 3 heterocycles. The molecule has 0 unspecified atom stereocenters. The Bertz CT molecular complexity index is 879. The molecule has 1 saturated heterocycles. The third-order valence-corrected chi connectivity index (χ3v) is 5.16. The molecule has 1 fully saturated rings. The summed E-state index contributed by atoms with van der Waals surface area (Å²) in [7, 11) is 0. The maximum atomic E-state index is 12.3. The van der Waals surface area contributed by atoms with E-state index in [4.69, 9.17) is 4.42 Å². The number of carbonyl (C=O) groups is 1. The van der Waals surface area contributed by atoms with Crippen LogP contribution < -0.4 is 10.2 Å². The van der Waals surface area contributed by atoms with Crippen molar-refractivity contribution in [1.29, 1.82) is 0 Å². The summed E-state index contributed by atoms with van der Waals surface area (Å²) in [6.07, 6.45) is 8.64. The molecule has 2 aromatic heterocycles. The van der Waals surface area contributed by atoms with Crippen LogP contribution in [0.1, 0.15) is 41.8 Å². The summed E-state index contributed by atoms with van der Waals surface area (Å²) >= 11 is 0. The number of hydrogen-bond acceptors (Lipinski definition) is 4. The third-order valence-electron chi connectivity index (χ3n) is 5.16. The average molecular weight is 375 g/mol. The Balaban J connectivity index is 1.39. The predicted octanol–water partition coefficient (Wildman–Crippen LogP) is 4.65. The van der Waals surface area contributed by atoms with E-state index in [2.05, 4.69) is 27.3 Å². The fourth-order valence-electron chi connectivity index (χ4n) is 3.54. The number of benzene rings is 1. The number of hydrogen-bond donors (Lipinski definition) is 1. The van der Waals surface area contributed by atoms with Gasteiger partial charge >= 0.3 is 0 Å². The molecule has 0 saturated carbocycles. The summed E-state index contributed by atoms with van der Waals surface area (Å²) in [4.78, 5) is 19.3. The van der Waals surface area contributed by atoms with Crippen LogP contribution in [-0.2, 0) is 6.54 Å². The van der Waals surface area contributed by atoms with Crippen LogP contribution >= 0.6 is 0 Å². The van der Waals surface area contributed by atoms with Crippen molar-refractivity contribution in [3.8, 4) is 11.1 Å². The third kappa shape index (κ3) is 4.42. The van der Waals surface area contributed by atoms with E-state index < -0.39 is 0 Å². The highest BCUT2D eigenvalue weighted by molar-refractivity contribution is 5.94. The van der Waals surface area contributed by atoms with E-state index in [1.54, 1.807) is 6.26 Å². The Kier molecular flexibility index (Phi) is 5.71. The van der Waals surface area contributed by atoms with Crippen molar-refractivity contribution in [1.82, 2.24) is 10.3 Å². The minimum Gasteiger partial charge on any atom is -0.467 e. The second-order valence-electron chi connectivity index (χ2n) is 7.15. The number of nitrogens with one attached hydrogen (secondary N) is 1. The molecular formula is C23H25N3O2. The second-order valence-corrected chi connectivity index (χ2v) is 7.15. The molecule has 144 valence electrons. The van der Waals surface area contributed by atoms with Gasteiger partial charge in [-0.3, -0.25) is 4.79 Å². The van der Waals surface area contributed by atoms with E-state index >= 15 is 0 Å². The highest BCUT2D eigenvalue weighted by Gasteiger charge is 2.11. The lowest BCUT2D eigenvalue weighted by atomic mass is 10.1. The standard InChI is InChI=1S/C23H25N3O2/c27-23(25-17-21-6-5-15-28-21)19-9-7-18(8-10-19)20-11-12-22(24-16-20)26-13-3-1-2-4-14-26/h5-12,15-16H,1-4,13-14,17H2,(H,25,27). The van der Waals surface area contributed by atoms with Crippen molar-refractivity contribution in [2.24, 2.45) is 0 Å². The predicted molar refractivity (Wildman–Crippen MR) is 110 cm³/mol. The van der Waals surface area contributed by atoms with Crippen molar-refractivity contribution in [2.45, 2.75) is 32.2 Å². The molecule has 5 heteroatoms. The number of nitrogens with zero attached hydrogens (tertiary/aromatic N) is 2. The zero-order valence-electron chi connectivity index (χ0n) is 15.9. The van der Waals surface area contributed by atoms with Crippen LogP contribution in [0.4, 0.5) is 5.82 Å². The van der Waals surface area contributed by atoms with Crippen LogP contribution in [-0.4, -0.2) is 24.0 Å². The van der Waals surface area contributed by atoms with Gasteiger partial charge in [-0.2, -0.15) is 0 Å². The topological polar surface area (TPSA) is 58.4 Å². The average Bonchev–Trinajstić information content (AvgIpc) is 3.12. The van der Waals surface area contributed by atoms with Crippen LogP contribution in [0.3, 0.4) is 0 Å². The molecule has 3 aromatic rings. The number of rotatable bonds is 5. The summed E-state index contributed by atoms with van der Waals surface area (Å²) in [5.74, 6) is 1.68. The van der Waals surface area contributed by atoms with Gasteiger partial charge in [-0.15, -0.1) is 0 Å². The smallest absolute Gasteiger partial charge is 0.251 e. The van der Waals surface area contributed by atoms with Gasteiger partial charge in [0, 0.05) is 30.4 Å². The molecule has 1 aromatic carbocycles. The summed E-state index contributed by atoms with van der Waals surface area (Å²) in [5, 5.41) is 2.86. The summed E-state index contributed by atoms with van der Waals surface area (Å²) in [5.41, 5.74) is 2.74. The number of pyridine rings is 1. The molecule has 1 amide bonds. The summed E-state index contributed by atoms with van der Waals surface area (Å²) in [6.45, 7) is 2.57. The van der Waals surface area contributed by atoms with E-state index in [1.807, 2.05) is 42.6 Å². The SMILES string of the molecule is O=C(NCc1ccco1)c1ccc(-c2ccc(N3CCCCCC3)nc2)cc1. The van der Waals surface area contributed by atoms with Gasteiger partial charge in [0.05, 0.1) is 12.8 Å². The van der Waals surface area contributed by atoms with E-state index in [0.717, 1.165) is 35.8 Å². The highest BCUT2D eigenvalue weighted by atomic mass is 16.3. The highest BCUT2D eigenvalue weighted by Crippen LogP contribution is 2.23. The number of aromatic nitrogens is 1. The zero-order chi connectivity index (χ0) is 19.2. The van der Waals surface area contributed by atoms with Crippen molar-refractivity contribution in [3.05, 3.63) is 72.3 Å². The lowest BCUT2D eigenvalue weighted by Crippen LogP contribution is -2.24. The van der Waals surface area contributed by atoms with Gasteiger partial charge in [0.25, 0.3) is 5.91 Å². The lowest BCUT2D eigenvalue weighted by Gasteiger charge is -2.21. The van der Waals surface area contributed by atoms with Gasteiger partial charge in [-0.05, 0) is 54.8 Å². The van der Waals surface area contributed by atoms with E-state index in [-0.39, 0.29) is 5.91 Å². The van der Waals surface area contributed by atoms with Crippen molar-refractivity contribution < 1.29 is 9.21 Å². The van der Waals surface area contributed by atoms with Crippen molar-refractivity contribution >= 4 is 11.7 Å². The van der Waals surface area contributed by atoms with Crippen LogP contribution in [0.2, 0.25) is 0 Å². The van der Waals surface area contributed by atoms with Gasteiger partial charge < -0.3 is 14.6 Å². The van der Waals surface area contributed by atoms with Gasteiger partial charge in [-0.25, -0.2) is 4.98 Å². The fraction of sp³-hybridized carbons (Fsp3) is 0.304. The maximum Gasteiger partial charge on any atom is 0.251 e. The molecule has 28 heavy (non-hydrogen) atoms. The minimum absolute atomic E-state index is 0.113. The molecule has 0 atom stereocenters. The number of amides is 1. The van der Waals surface area contributed by atoms with Crippen LogP contribution in [0.15, 0.2) is 65.4 Å². The van der Waals surface area contributed by atoms with Gasteiger partial charge in [0.15, 0.2) is 0 Å². The van der Waals surface area contributed by atoms with Crippen molar-refractivity contribution in [3.63, 3.8) is 0 Å². The molecular weight excluding hydrogens is 350 g/mol. The quantitative estimate of drug-likeness (QED) is 0.705. The number of furan rings is 1. The summed E-state index contributed by atoms with van der Waals surface area (Å²) < 4.78 is 5.23. The first-order chi connectivity index (χ1) is 13.8. The first-order valence-electron chi connectivity index (χ1n) is 9.91. The molecule has 4 rings (SSSR count). The van der Waals surface area contributed by atoms with Gasteiger partial charge in [0.1, 0.15) is 11.6 Å². The molecule has 1 aliphatic rings. The molecule has 0 spiro atoms. The Morgan fingerprint density at radius 3 is 2.36 bits per heavy atom. The first-order valence-corrected chi connectivity index (χ1v) is 9.91. The first kappa shape index (κ1) is 18.3. The van der Waals surface area contributed by atoms with Crippen LogP contribution in [0.5, 0.6) is 0 Å². The molecule has 0 aliphatic carbocycles. The Morgan fingerprint density at radius 1 is 0.964 bits per heavy atom. The zero-order valence-corrected chi connectivity index (χ0v) is 15.9. The molecule has 1 aliphatic heterocycles. The molecule has 0 bridgehead atoms. The maximum absolute atomic E-state index is 12.3. The largest absolute Gasteiger partial charge is 0.467 e. The monoisotopic (exact) mass is 375 g/mol. The Hall–Kier alpha value is -3.08. The number of anilines is 1. The summed E-state index contributed by atoms with van der Waals surface area (Å²) in [6, 6.07) is 15.5. The Morgan fingerprint density at radius 2 is 1.71 bits per heavy atom. The van der Waals surface area contributed by atoms with Gasteiger partial charge in [0.2, 0.25) is 0 Å². The fourth-order valence-corrected chi connectivity index (χ4v) is 3.54. The molecule has 1 N–H and O–H groups in total. The van der Waals surface area contributed by atoms with E-state index in [0.29, 0.717) is 12.1 Å². The van der Waals surface area contributed by atoms with Crippen molar-refractivity contribution in [2.75, 3.05) is 18.0 Å². The lowest BCUT2D eigenvalue weighted by molar-refractivity contribution is 0.0948. The normalized spacial score (nSPS) is 14.5. The van der Waals surface area contributed by atoms with E-state index in [1.165, 1.54) is 25.7 Å².